The number of methoxy groups -OCH3 is 1. The molecule has 148 valence electrons. The molecule has 1 atom stereocenters. The van der Waals surface area contributed by atoms with Gasteiger partial charge in [0.2, 0.25) is 10.0 Å². The lowest BCUT2D eigenvalue weighted by Gasteiger charge is -2.21. The van der Waals surface area contributed by atoms with E-state index in [1.54, 1.807) is 31.4 Å². The second-order valence-electron chi connectivity index (χ2n) is 6.08. The molecule has 0 aliphatic carbocycles. The molecule has 1 saturated heterocycles. The number of hydrogen-bond acceptors (Lipinski definition) is 4. The second kappa shape index (κ2) is 11.1. The van der Waals surface area contributed by atoms with Crippen LogP contribution in [0.2, 0.25) is 0 Å². The minimum atomic E-state index is -3.40. The zero-order valence-corrected chi connectivity index (χ0v) is 18.7. The molecule has 26 heavy (non-hydrogen) atoms. The molecule has 1 aromatic carbocycles. The van der Waals surface area contributed by atoms with E-state index < -0.39 is 10.0 Å². The summed E-state index contributed by atoms with van der Waals surface area (Å²) in [5.74, 6) is 1.44. The highest BCUT2D eigenvalue weighted by atomic mass is 127. The molecule has 1 heterocycles. The van der Waals surface area contributed by atoms with Crippen LogP contribution < -0.4 is 10.0 Å². The van der Waals surface area contributed by atoms with Crippen LogP contribution in [0.25, 0.3) is 0 Å². The van der Waals surface area contributed by atoms with E-state index in [0.29, 0.717) is 12.5 Å². The zero-order valence-electron chi connectivity index (χ0n) is 15.6. The van der Waals surface area contributed by atoms with Crippen LogP contribution in [-0.2, 0) is 21.3 Å². The van der Waals surface area contributed by atoms with E-state index in [1.165, 1.54) is 7.05 Å². The van der Waals surface area contributed by atoms with Crippen molar-refractivity contribution in [3.05, 3.63) is 29.8 Å². The molecule has 2 rings (SSSR count). The number of hydrogen-bond donors (Lipinski definition) is 2. The van der Waals surface area contributed by atoms with Crippen molar-refractivity contribution in [1.82, 2.24) is 14.9 Å². The molecule has 1 unspecified atom stereocenters. The van der Waals surface area contributed by atoms with Gasteiger partial charge in [-0.15, -0.1) is 24.0 Å². The van der Waals surface area contributed by atoms with Gasteiger partial charge in [0.25, 0.3) is 0 Å². The maximum atomic E-state index is 11.8. The standard InChI is InChI=1S/C17H28N4O3S.HI/c1-4-19-17(21-10-9-15(12-21)13-24-3)20-11-14-5-7-16(8-6-14)25(22,23)18-2;/h5-8,15,18H,4,9-13H2,1-3H3,(H,19,20);1H. The first-order valence-corrected chi connectivity index (χ1v) is 10.0. The van der Waals surface area contributed by atoms with Gasteiger partial charge in [-0.1, -0.05) is 12.1 Å². The van der Waals surface area contributed by atoms with Crippen molar-refractivity contribution in [2.75, 3.05) is 40.4 Å². The van der Waals surface area contributed by atoms with Gasteiger partial charge >= 0.3 is 0 Å². The van der Waals surface area contributed by atoms with Crippen molar-refractivity contribution in [3.63, 3.8) is 0 Å². The molecule has 0 amide bonds. The van der Waals surface area contributed by atoms with Gasteiger partial charge in [-0.05, 0) is 38.1 Å². The summed E-state index contributed by atoms with van der Waals surface area (Å²) >= 11 is 0. The molecule has 0 radical (unpaired) electrons. The van der Waals surface area contributed by atoms with Crippen LogP contribution in [-0.4, -0.2) is 59.7 Å². The van der Waals surface area contributed by atoms with Crippen LogP contribution in [0.1, 0.15) is 18.9 Å². The van der Waals surface area contributed by atoms with Crippen LogP contribution in [0, 0.1) is 5.92 Å². The van der Waals surface area contributed by atoms with Crippen molar-refractivity contribution in [1.29, 1.82) is 0 Å². The Labute approximate surface area is 173 Å². The molecule has 1 aromatic rings. The Morgan fingerprint density at radius 3 is 2.62 bits per heavy atom. The number of rotatable bonds is 7. The van der Waals surface area contributed by atoms with E-state index in [2.05, 4.69) is 21.9 Å². The minimum Gasteiger partial charge on any atom is -0.384 e. The fourth-order valence-electron chi connectivity index (χ4n) is 2.88. The van der Waals surface area contributed by atoms with E-state index in [4.69, 9.17) is 9.73 Å². The summed E-state index contributed by atoms with van der Waals surface area (Å²) in [5.41, 5.74) is 0.970. The summed E-state index contributed by atoms with van der Waals surface area (Å²) in [4.78, 5) is 7.22. The fraction of sp³-hybridized carbons (Fsp3) is 0.588. The molecule has 0 aromatic heterocycles. The van der Waals surface area contributed by atoms with Crippen LogP contribution in [0.15, 0.2) is 34.2 Å². The molecule has 9 heteroatoms. The largest absolute Gasteiger partial charge is 0.384 e. The highest BCUT2D eigenvalue weighted by Gasteiger charge is 2.24. The molecule has 0 saturated carbocycles. The lowest BCUT2D eigenvalue weighted by Crippen LogP contribution is -2.40. The highest BCUT2D eigenvalue weighted by Crippen LogP contribution is 2.17. The Morgan fingerprint density at radius 2 is 2.04 bits per heavy atom. The average Bonchev–Trinajstić information content (AvgIpc) is 3.08. The predicted molar refractivity (Wildman–Crippen MR) is 114 cm³/mol. The molecule has 1 fully saturated rings. The number of benzene rings is 1. The smallest absolute Gasteiger partial charge is 0.240 e. The van der Waals surface area contributed by atoms with Crippen molar-refractivity contribution < 1.29 is 13.2 Å². The van der Waals surface area contributed by atoms with Crippen LogP contribution in [0.5, 0.6) is 0 Å². The molecular weight excluding hydrogens is 467 g/mol. The van der Waals surface area contributed by atoms with E-state index in [9.17, 15) is 8.42 Å². The van der Waals surface area contributed by atoms with E-state index in [1.807, 2.05) is 0 Å². The minimum absolute atomic E-state index is 0. The molecule has 1 aliphatic heterocycles. The summed E-state index contributed by atoms with van der Waals surface area (Å²) in [7, 11) is -0.256. The molecule has 7 nitrogen and oxygen atoms in total. The summed E-state index contributed by atoms with van der Waals surface area (Å²) in [5, 5.41) is 3.33. The topological polar surface area (TPSA) is 83.0 Å². The molecule has 0 spiro atoms. The number of guanidine groups is 1. The van der Waals surface area contributed by atoms with Gasteiger partial charge < -0.3 is 15.0 Å². The Kier molecular flexibility index (Phi) is 9.83. The maximum Gasteiger partial charge on any atom is 0.240 e. The second-order valence-corrected chi connectivity index (χ2v) is 7.96. The number of halogens is 1. The summed E-state index contributed by atoms with van der Waals surface area (Å²) in [6, 6.07) is 6.81. The van der Waals surface area contributed by atoms with Gasteiger partial charge in [0.05, 0.1) is 18.0 Å². The highest BCUT2D eigenvalue weighted by molar-refractivity contribution is 14.0. The van der Waals surface area contributed by atoms with Gasteiger partial charge in [0.15, 0.2) is 5.96 Å². The zero-order chi connectivity index (χ0) is 18.3. The van der Waals surface area contributed by atoms with Crippen LogP contribution in [0.3, 0.4) is 0 Å². The number of likely N-dealkylation sites (tertiary alicyclic amines) is 1. The SMILES string of the molecule is CCNC(=NCc1ccc(S(=O)(=O)NC)cc1)N1CCC(COC)C1.I. The van der Waals surface area contributed by atoms with Crippen molar-refractivity contribution in [2.24, 2.45) is 10.9 Å². The van der Waals surface area contributed by atoms with Gasteiger partial charge in [-0.3, -0.25) is 0 Å². The Morgan fingerprint density at radius 1 is 1.35 bits per heavy atom. The van der Waals surface area contributed by atoms with Crippen LogP contribution >= 0.6 is 24.0 Å². The number of aliphatic imine (C=N–C) groups is 1. The number of sulfonamides is 1. The van der Waals surface area contributed by atoms with E-state index in [-0.39, 0.29) is 28.9 Å². The average molecular weight is 496 g/mol. The summed E-state index contributed by atoms with van der Waals surface area (Å²) in [6.45, 7) is 6.06. The van der Waals surface area contributed by atoms with Crippen molar-refractivity contribution in [3.8, 4) is 0 Å². The number of nitrogens with zero attached hydrogens (tertiary/aromatic N) is 2. The third-order valence-corrected chi connectivity index (χ3v) is 5.67. The van der Waals surface area contributed by atoms with E-state index in [0.717, 1.165) is 44.2 Å². The number of ether oxygens (including phenoxy) is 1. The van der Waals surface area contributed by atoms with Gasteiger partial charge in [0, 0.05) is 32.7 Å². The van der Waals surface area contributed by atoms with Crippen molar-refractivity contribution in [2.45, 2.75) is 24.8 Å². The lowest BCUT2D eigenvalue weighted by atomic mass is 10.1. The fourth-order valence-corrected chi connectivity index (χ4v) is 3.61. The maximum absolute atomic E-state index is 11.8. The Bertz CT molecular complexity index is 680. The normalized spacial score (nSPS) is 17.9. The Balaban J connectivity index is 0.00000338. The van der Waals surface area contributed by atoms with E-state index >= 15 is 0 Å². The molecular formula is C17H29IN4O3S. The van der Waals surface area contributed by atoms with Gasteiger partial charge in [-0.25, -0.2) is 18.1 Å². The van der Waals surface area contributed by atoms with Crippen LogP contribution in [0.4, 0.5) is 0 Å². The Hall–Kier alpha value is -0.910. The summed E-state index contributed by atoms with van der Waals surface area (Å²) < 4.78 is 31.1. The first-order chi connectivity index (χ1) is 12.0. The van der Waals surface area contributed by atoms with Crippen molar-refractivity contribution >= 4 is 40.0 Å². The first kappa shape index (κ1) is 23.1. The monoisotopic (exact) mass is 496 g/mol. The lowest BCUT2D eigenvalue weighted by molar-refractivity contribution is 0.157. The third-order valence-electron chi connectivity index (χ3n) is 4.24. The molecule has 0 bridgehead atoms. The quantitative estimate of drug-likeness (QED) is 0.341. The molecule has 2 N–H and O–H groups in total. The van der Waals surface area contributed by atoms with Gasteiger partial charge in [0.1, 0.15) is 0 Å². The predicted octanol–water partition coefficient (Wildman–Crippen LogP) is 1.65. The third kappa shape index (κ3) is 6.36. The summed E-state index contributed by atoms with van der Waals surface area (Å²) in [6.07, 6.45) is 1.11. The number of nitrogens with one attached hydrogen (secondary N) is 2. The van der Waals surface area contributed by atoms with Gasteiger partial charge in [-0.2, -0.15) is 0 Å². The molecule has 1 aliphatic rings. The first-order valence-electron chi connectivity index (χ1n) is 8.54.